The lowest BCUT2D eigenvalue weighted by Crippen LogP contribution is -2.52. The first kappa shape index (κ1) is 15.5. The van der Waals surface area contributed by atoms with Crippen LogP contribution in [0.1, 0.15) is 41.9 Å². The number of nitrogens with zero attached hydrogens (tertiary/aromatic N) is 1. The highest BCUT2D eigenvalue weighted by atomic mass is 32.2. The van der Waals surface area contributed by atoms with Gasteiger partial charge >= 0.3 is 0 Å². The topological polar surface area (TPSA) is 49.4 Å². The van der Waals surface area contributed by atoms with E-state index in [2.05, 4.69) is 5.32 Å². The summed E-state index contributed by atoms with van der Waals surface area (Å²) in [5.74, 6) is 0. The summed E-state index contributed by atoms with van der Waals surface area (Å²) < 4.78 is 28.0. The van der Waals surface area contributed by atoms with Gasteiger partial charge in [0.1, 0.15) is 0 Å². The summed E-state index contributed by atoms with van der Waals surface area (Å²) in [6.07, 6.45) is 5.35. The smallest absolute Gasteiger partial charge is 0.244 e. The van der Waals surface area contributed by atoms with E-state index in [0.29, 0.717) is 17.5 Å². The summed E-state index contributed by atoms with van der Waals surface area (Å²) in [4.78, 5) is 2.50. The maximum atomic E-state index is 13.1. The standard InChI is InChI=1S/C15H24N2O2S2/c1-11-10-15(12(2)20-11)21(18,19)17-9-4-3-7-14(17)13-6-5-8-16-13/h10,13-14,16H,3-9H2,1-2H3. The van der Waals surface area contributed by atoms with Gasteiger partial charge in [0.2, 0.25) is 10.0 Å². The Morgan fingerprint density at radius 1 is 1.24 bits per heavy atom. The second kappa shape index (κ2) is 5.99. The Bertz CT molecular complexity index is 603. The molecule has 2 aliphatic rings. The average Bonchev–Trinajstić information content (AvgIpc) is 3.08. The Morgan fingerprint density at radius 3 is 2.67 bits per heavy atom. The molecule has 1 aromatic rings. The van der Waals surface area contributed by atoms with Crippen molar-refractivity contribution in [1.82, 2.24) is 9.62 Å². The highest BCUT2D eigenvalue weighted by molar-refractivity contribution is 7.89. The maximum absolute atomic E-state index is 13.1. The molecule has 2 saturated heterocycles. The first-order valence-corrected chi connectivity index (χ1v) is 10.1. The van der Waals surface area contributed by atoms with E-state index in [4.69, 9.17) is 0 Å². The van der Waals surface area contributed by atoms with Crippen LogP contribution in [0.4, 0.5) is 0 Å². The Balaban J connectivity index is 1.93. The van der Waals surface area contributed by atoms with Crippen LogP contribution < -0.4 is 5.32 Å². The fraction of sp³-hybridized carbons (Fsp3) is 0.733. The fourth-order valence-electron chi connectivity index (χ4n) is 3.66. The van der Waals surface area contributed by atoms with E-state index < -0.39 is 10.0 Å². The second-order valence-corrected chi connectivity index (χ2v) is 9.48. The maximum Gasteiger partial charge on any atom is 0.244 e. The lowest BCUT2D eigenvalue weighted by Gasteiger charge is -2.38. The van der Waals surface area contributed by atoms with Gasteiger partial charge in [-0.05, 0) is 52.1 Å². The van der Waals surface area contributed by atoms with E-state index in [1.54, 1.807) is 15.6 Å². The predicted molar refractivity (Wildman–Crippen MR) is 86.3 cm³/mol. The van der Waals surface area contributed by atoms with Crippen molar-refractivity contribution >= 4 is 21.4 Å². The molecule has 1 N–H and O–H groups in total. The number of sulfonamides is 1. The van der Waals surface area contributed by atoms with Gasteiger partial charge in [-0.3, -0.25) is 0 Å². The van der Waals surface area contributed by atoms with Gasteiger partial charge < -0.3 is 5.32 Å². The summed E-state index contributed by atoms with van der Waals surface area (Å²) in [6, 6.07) is 2.30. The van der Waals surface area contributed by atoms with Crippen molar-refractivity contribution in [1.29, 1.82) is 0 Å². The molecule has 2 atom stereocenters. The van der Waals surface area contributed by atoms with Crippen LogP contribution >= 0.6 is 11.3 Å². The fourth-order valence-corrected chi connectivity index (χ4v) is 6.92. The van der Waals surface area contributed by atoms with Crippen LogP contribution in [0.3, 0.4) is 0 Å². The van der Waals surface area contributed by atoms with Crippen LogP contribution in [-0.2, 0) is 10.0 Å². The molecule has 6 heteroatoms. The summed E-state index contributed by atoms with van der Waals surface area (Å²) >= 11 is 1.57. The van der Waals surface area contributed by atoms with Crippen molar-refractivity contribution in [3.8, 4) is 0 Å². The third-order valence-electron chi connectivity index (χ3n) is 4.64. The minimum atomic E-state index is -3.35. The van der Waals surface area contributed by atoms with E-state index in [-0.39, 0.29) is 6.04 Å². The molecule has 3 heterocycles. The van der Waals surface area contributed by atoms with Crippen LogP contribution in [0.5, 0.6) is 0 Å². The molecule has 0 aromatic carbocycles. The molecule has 0 saturated carbocycles. The molecule has 0 bridgehead atoms. The van der Waals surface area contributed by atoms with Crippen LogP contribution in [0.25, 0.3) is 0 Å². The van der Waals surface area contributed by atoms with Gasteiger partial charge in [-0.25, -0.2) is 8.42 Å². The van der Waals surface area contributed by atoms with Crippen LogP contribution in [0, 0.1) is 13.8 Å². The average molecular weight is 329 g/mol. The molecule has 0 radical (unpaired) electrons. The Morgan fingerprint density at radius 2 is 2.05 bits per heavy atom. The lowest BCUT2D eigenvalue weighted by molar-refractivity contribution is 0.211. The zero-order valence-electron chi connectivity index (χ0n) is 12.8. The first-order valence-electron chi connectivity index (χ1n) is 7.82. The number of hydrogen-bond donors (Lipinski definition) is 1. The largest absolute Gasteiger partial charge is 0.312 e. The van der Waals surface area contributed by atoms with E-state index in [0.717, 1.165) is 48.4 Å². The molecule has 4 nitrogen and oxygen atoms in total. The summed E-state index contributed by atoms with van der Waals surface area (Å²) in [6.45, 7) is 5.57. The molecule has 2 fully saturated rings. The molecule has 3 rings (SSSR count). The van der Waals surface area contributed by atoms with E-state index in [1.807, 2.05) is 19.9 Å². The molecule has 21 heavy (non-hydrogen) atoms. The van der Waals surface area contributed by atoms with Gasteiger partial charge in [-0.15, -0.1) is 11.3 Å². The predicted octanol–water partition coefficient (Wildman–Crippen LogP) is 2.66. The molecule has 1 aromatic heterocycles. The molecular formula is C15H24N2O2S2. The highest BCUT2D eigenvalue weighted by Gasteiger charge is 2.39. The van der Waals surface area contributed by atoms with Gasteiger partial charge in [0.25, 0.3) is 0 Å². The highest BCUT2D eigenvalue weighted by Crippen LogP contribution is 2.33. The zero-order valence-corrected chi connectivity index (χ0v) is 14.4. The van der Waals surface area contributed by atoms with Gasteiger partial charge in [0.15, 0.2) is 0 Å². The van der Waals surface area contributed by atoms with Crippen molar-refractivity contribution in [2.24, 2.45) is 0 Å². The van der Waals surface area contributed by atoms with Crippen molar-refractivity contribution in [2.75, 3.05) is 13.1 Å². The third-order valence-corrected chi connectivity index (χ3v) is 7.79. The van der Waals surface area contributed by atoms with E-state index in [9.17, 15) is 8.42 Å². The number of hydrogen-bond acceptors (Lipinski definition) is 4. The van der Waals surface area contributed by atoms with Crippen molar-refractivity contribution in [3.63, 3.8) is 0 Å². The summed E-state index contributed by atoms with van der Waals surface area (Å²) in [5.41, 5.74) is 0. The first-order chi connectivity index (χ1) is 10.00. The van der Waals surface area contributed by atoms with Crippen molar-refractivity contribution in [3.05, 3.63) is 15.8 Å². The molecule has 0 spiro atoms. The van der Waals surface area contributed by atoms with Crippen molar-refractivity contribution in [2.45, 2.75) is 62.9 Å². The Labute approximate surface area is 131 Å². The van der Waals surface area contributed by atoms with E-state index >= 15 is 0 Å². The van der Waals surface area contributed by atoms with Gasteiger partial charge in [-0.1, -0.05) is 6.42 Å². The zero-order chi connectivity index (χ0) is 15.0. The van der Waals surface area contributed by atoms with Crippen LogP contribution in [-0.4, -0.2) is 37.9 Å². The van der Waals surface area contributed by atoms with E-state index in [1.165, 1.54) is 0 Å². The number of nitrogens with one attached hydrogen (secondary N) is 1. The Hall–Kier alpha value is -0.430. The van der Waals surface area contributed by atoms with Gasteiger partial charge in [0, 0.05) is 28.4 Å². The molecule has 118 valence electrons. The molecular weight excluding hydrogens is 304 g/mol. The monoisotopic (exact) mass is 328 g/mol. The number of piperidine rings is 1. The normalized spacial score (nSPS) is 28.1. The number of aryl methyl sites for hydroxylation is 2. The quantitative estimate of drug-likeness (QED) is 0.928. The molecule has 2 aliphatic heterocycles. The second-order valence-electron chi connectivity index (χ2n) is 6.16. The summed E-state index contributed by atoms with van der Waals surface area (Å²) in [5, 5.41) is 3.50. The summed E-state index contributed by atoms with van der Waals surface area (Å²) in [7, 11) is -3.35. The van der Waals surface area contributed by atoms with Gasteiger partial charge in [0.05, 0.1) is 4.90 Å². The minimum absolute atomic E-state index is 0.130. The molecule has 0 aliphatic carbocycles. The van der Waals surface area contributed by atoms with Gasteiger partial charge in [-0.2, -0.15) is 4.31 Å². The van der Waals surface area contributed by atoms with Crippen LogP contribution in [0.15, 0.2) is 11.0 Å². The minimum Gasteiger partial charge on any atom is -0.312 e. The molecule has 0 amide bonds. The number of rotatable bonds is 3. The SMILES string of the molecule is Cc1cc(S(=O)(=O)N2CCCCC2C2CCCN2)c(C)s1. The Kier molecular flexibility index (Phi) is 4.41. The van der Waals surface area contributed by atoms with Crippen molar-refractivity contribution < 1.29 is 8.42 Å². The molecule has 2 unspecified atom stereocenters. The van der Waals surface area contributed by atoms with Crippen LogP contribution in [0.2, 0.25) is 0 Å². The lowest BCUT2D eigenvalue weighted by atomic mass is 9.97. The number of thiophene rings is 1. The third kappa shape index (κ3) is 2.91.